The molecule has 3 rings (SSSR count). The molecule has 3 atom stereocenters. The maximum Gasteiger partial charge on any atom is 0.152 e. The summed E-state index contributed by atoms with van der Waals surface area (Å²) in [7, 11) is 0. The van der Waals surface area contributed by atoms with E-state index < -0.39 is 6.10 Å². The Balaban J connectivity index is 1.92. The van der Waals surface area contributed by atoms with Gasteiger partial charge in [0, 0.05) is 5.39 Å². The van der Waals surface area contributed by atoms with Crippen molar-refractivity contribution in [2.45, 2.75) is 38.1 Å². The zero-order valence-electron chi connectivity index (χ0n) is 10.1. The van der Waals surface area contributed by atoms with Gasteiger partial charge in [-0.05, 0) is 31.9 Å². The van der Waals surface area contributed by atoms with Gasteiger partial charge in [0.1, 0.15) is 11.9 Å². The summed E-state index contributed by atoms with van der Waals surface area (Å²) in [5.41, 5.74) is 0.624. The lowest BCUT2D eigenvalue weighted by Crippen LogP contribution is -2.18. The monoisotopic (exact) mass is 266 g/mol. The second-order valence-corrected chi connectivity index (χ2v) is 5.22. The summed E-state index contributed by atoms with van der Waals surface area (Å²) in [5.74, 6) is 0.525. The average Bonchev–Trinajstić information content (AvgIpc) is 2.95. The number of fused-ring (bicyclic) bond motifs is 1. The van der Waals surface area contributed by atoms with Crippen molar-refractivity contribution in [3.05, 3.63) is 35.0 Å². The quantitative estimate of drug-likeness (QED) is 0.901. The van der Waals surface area contributed by atoms with Crippen LogP contribution >= 0.6 is 11.6 Å². The molecule has 1 aromatic heterocycles. The van der Waals surface area contributed by atoms with Crippen molar-refractivity contribution in [3.63, 3.8) is 0 Å². The highest BCUT2D eigenvalue weighted by molar-refractivity contribution is 6.34. The minimum atomic E-state index is -0.724. The number of ether oxygens (including phenoxy) is 1. The van der Waals surface area contributed by atoms with Crippen molar-refractivity contribution in [2.24, 2.45) is 0 Å². The highest BCUT2D eigenvalue weighted by Gasteiger charge is 2.31. The third-order valence-electron chi connectivity index (χ3n) is 3.42. The maximum absolute atomic E-state index is 10.3. The lowest BCUT2D eigenvalue weighted by Gasteiger charge is -2.15. The predicted molar refractivity (Wildman–Crippen MR) is 69.8 cm³/mol. The van der Waals surface area contributed by atoms with E-state index in [0.717, 1.165) is 18.2 Å². The summed E-state index contributed by atoms with van der Waals surface area (Å²) in [6, 6.07) is 7.39. The fraction of sp³-hybridized carbons (Fsp3) is 0.429. The fourth-order valence-electron chi connectivity index (χ4n) is 2.44. The van der Waals surface area contributed by atoms with Gasteiger partial charge in [-0.2, -0.15) is 0 Å². The molecule has 2 heterocycles. The fourth-order valence-corrected chi connectivity index (χ4v) is 2.66. The van der Waals surface area contributed by atoms with E-state index in [1.165, 1.54) is 0 Å². The van der Waals surface area contributed by atoms with Crippen LogP contribution in [0.3, 0.4) is 0 Å². The first-order chi connectivity index (χ1) is 8.65. The normalized spacial score (nSPS) is 25.7. The van der Waals surface area contributed by atoms with E-state index in [-0.39, 0.29) is 12.2 Å². The lowest BCUT2D eigenvalue weighted by atomic mass is 10.1. The standard InChI is InChI=1S/C14H15ClO3/c1-8-5-6-11(17-8)13(16)12-7-9-3-2-4-10(15)14(9)18-12/h2-4,7-8,11,13,16H,5-6H2,1H3. The second-order valence-electron chi connectivity index (χ2n) is 4.81. The maximum atomic E-state index is 10.3. The summed E-state index contributed by atoms with van der Waals surface area (Å²) in [4.78, 5) is 0. The number of hydrogen-bond donors (Lipinski definition) is 1. The van der Waals surface area contributed by atoms with Gasteiger partial charge in [-0.25, -0.2) is 0 Å². The molecular weight excluding hydrogens is 252 g/mol. The molecule has 1 fully saturated rings. The average molecular weight is 267 g/mol. The third kappa shape index (κ3) is 2.03. The predicted octanol–water partition coefficient (Wildman–Crippen LogP) is 3.69. The van der Waals surface area contributed by atoms with Crippen LogP contribution in [0.25, 0.3) is 11.0 Å². The number of furan rings is 1. The smallest absolute Gasteiger partial charge is 0.152 e. The topological polar surface area (TPSA) is 42.6 Å². The SMILES string of the molecule is CC1CCC(C(O)c2cc3cccc(Cl)c3o2)O1. The van der Waals surface area contributed by atoms with E-state index in [0.29, 0.717) is 16.4 Å². The van der Waals surface area contributed by atoms with Crippen molar-refractivity contribution in [2.75, 3.05) is 0 Å². The number of para-hydroxylation sites is 1. The summed E-state index contributed by atoms with van der Waals surface area (Å²) in [5, 5.41) is 11.7. The Morgan fingerprint density at radius 1 is 1.39 bits per heavy atom. The van der Waals surface area contributed by atoms with E-state index in [9.17, 15) is 5.11 Å². The molecule has 0 spiro atoms. The zero-order chi connectivity index (χ0) is 12.7. The number of halogens is 1. The number of aliphatic hydroxyl groups is 1. The number of hydrogen-bond acceptors (Lipinski definition) is 3. The molecule has 1 saturated heterocycles. The Hall–Kier alpha value is -1.03. The molecule has 0 aliphatic carbocycles. The van der Waals surface area contributed by atoms with Crippen LogP contribution in [0.2, 0.25) is 5.02 Å². The Labute approximate surface area is 110 Å². The van der Waals surface area contributed by atoms with Crippen LogP contribution in [0.5, 0.6) is 0 Å². The number of benzene rings is 1. The first kappa shape index (κ1) is 12.0. The molecule has 1 aliphatic heterocycles. The van der Waals surface area contributed by atoms with E-state index in [2.05, 4.69) is 0 Å². The van der Waals surface area contributed by atoms with Crippen molar-refractivity contribution in [1.29, 1.82) is 0 Å². The van der Waals surface area contributed by atoms with E-state index in [4.69, 9.17) is 20.8 Å². The van der Waals surface area contributed by atoms with Gasteiger partial charge in [0.15, 0.2) is 5.58 Å². The van der Waals surface area contributed by atoms with Crippen LogP contribution in [0, 0.1) is 0 Å². The summed E-state index contributed by atoms with van der Waals surface area (Å²) in [6.45, 7) is 2.02. The third-order valence-corrected chi connectivity index (χ3v) is 3.72. The largest absolute Gasteiger partial charge is 0.457 e. The van der Waals surface area contributed by atoms with Gasteiger partial charge >= 0.3 is 0 Å². The molecule has 4 heteroatoms. The minimum absolute atomic E-state index is 0.181. The molecule has 1 aromatic carbocycles. The highest BCUT2D eigenvalue weighted by atomic mass is 35.5. The van der Waals surface area contributed by atoms with Gasteiger partial charge in [0.2, 0.25) is 0 Å². The zero-order valence-corrected chi connectivity index (χ0v) is 10.9. The van der Waals surface area contributed by atoms with Gasteiger partial charge in [-0.1, -0.05) is 23.7 Å². The molecule has 96 valence electrons. The molecule has 0 radical (unpaired) electrons. The number of rotatable bonds is 2. The Morgan fingerprint density at radius 3 is 2.89 bits per heavy atom. The van der Waals surface area contributed by atoms with Gasteiger partial charge in [-0.3, -0.25) is 0 Å². The molecular formula is C14H15ClO3. The molecule has 3 unspecified atom stereocenters. The Morgan fingerprint density at radius 2 is 2.22 bits per heavy atom. The first-order valence-electron chi connectivity index (χ1n) is 6.16. The Bertz CT molecular complexity index is 563. The van der Waals surface area contributed by atoms with Crippen LogP contribution < -0.4 is 0 Å². The summed E-state index contributed by atoms with van der Waals surface area (Å²) in [6.07, 6.45) is 1.13. The molecule has 0 amide bonds. The molecule has 2 aromatic rings. The van der Waals surface area contributed by atoms with E-state index in [1.54, 1.807) is 6.07 Å². The van der Waals surface area contributed by atoms with E-state index in [1.807, 2.05) is 25.1 Å². The molecule has 0 bridgehead atoms. The first-order valence-corrected chi connectivity index (χ1v) is 6.54. The summed E-state index contributed by atoms with van der Waals surface area (Å²) < 4.78 is 11.3. The molecule has 1 N–H and O–H groups in total. The van der Waals surface area contributed by atoms with Crippen LogP contribution in [0.1, 0.15) is 31.6 Å². The van der Waals surface area contributed by atoms with Crippen molar-refractivity contribution < 1.29 is 14.3 Å². The van der Waals surface area contributed by atoms with Crippen LogP contribution in [0.15, 0.2) is 28.7 Å². The number of aliphatic hydroxyl groups excluding tert-OH is 1. The Kier molecular flexibility index (Phi) is 3.06. The van der Waals surface area contributed by atoms with Gasteiger partial charge in [0.25, 0.3) is 0 Å². The van der Waals surface area contributed by atoms with Crippen LogP contribution in [-0.4, -0.2) is 17.3 Å². The van der Waals surface area contributed by atoms with Crippen molar-refractivity contribution >= 4 is 22.6 Å². The molecule has 1 aliphatic rings. The van der Waals surface area contributed by atoms with Crippen LogP contribution in [0.4, 0.5) is 0 Å². The highest BCUT2D eigenvalue weighted by Crippen LogP contribution is 2.34. The van der Waals surface area contributed by atoms with Crippen molar-refractivity contribution in [3.8, 4) is 0 Å². The summed E-state index contributed by atoms with van der Waals surface area (Å²) >= 11 is 6.05. The molecule has 18 heavy (non-hydrogen) atoms. The second kappa shape index (κ2) is 4.57. The minimum Gasteiger partial charge on any atom is -0.457 e. The van der Waals surface area contributed by atoms with Crippen molar-refractivity contribution in [1.82, 2.24) is 0 Å². The van der Waals surface area contributed by atoms with Gasteiger partial charge in [-0.15, -0.1) is 0 Å². The van der Waals surface area contributed by atoms with Gasteiger partial charge < -0.3 is 14.3 Å². The molecule has 3 nitrogen and oxygen atoms in total. The molecule has 0 saturated carbocycles. The van der Waals surface area contributed by atoms with Gasteiger partial charge in [0.05, 0.1) is 17.2 Å². The van der Waals surface area contributed by atoms with E-state index >= 15 is 0 Å². The van der Waals surface area contributed by atoms with Crippen LogP contribution in [-0.2, 0) is 4.74 Å². The lowest BCUT2D eigenvalue weighted by molar-refractivity contribution is -0.0374.